The molecular formula is C17H22N2O3S. The summed E-state index contributed by atoms with van der Waals surface area (Å²) in [4.78, 5) is 3.27. The number of H-pyrrole nitrogens is 1. The number of rotatable bonds is 6. The summed E-state index contributed by atoms with van der Waals surface area (Å²) in [5, 5.41) is 1.19. The molecule has 2 heterocycles. The van der Waals surface area contributed by atoms with Gasteiger partial charge in [0.2, 0.25) is 10.0 Å². The van der Waals surface area contributed by atoms with Crippen LogP contribution < -0.4 is 0 Å². The zero-order valence-corrected chi connectivity index (χ0v) is 14.1. The number of sulfonamides is 1. The Bertz CT molecular complexity index is 808. The van der Waals surface area contributed by atoms with Crippen molar-refractivity contribution < 1.29 is 13.2 Å². The fourth-order valence-electron chi connectivity index (χ4n) is 3.00. The van der Waals surface area contributed by atoms with Gasteiger partial charge in [0.25, 0.3) is 0 Å². The smallest absolute Gasteiger partial charge is 0.214 e. The molecule has 0 spiro atoms. The molecule has 0 aliphatic carbocycles. The molecule has 1 aromatic heterocycles. The first-order valence-electron chi connectivity index (χ1n) is 7.84. The minimum Gasteiger partial charge on any atom is -0.385 e. The Morgan fingerprint density at radius 1 is 1.30 bits per heavy atom. The third-order valence-corrected chi connectivity index (χ3v) is 6.17. The summed E-state index contributed by atoms with van der Waals surface area (Å²) >= 11 is 0. The summed E-state index contributed by atoms with van der Waals surface area (Å²) in [6, 6.07) is 8.17. The van der Waals surface area contributed by atoms with Gasteiger partial charge >= 0.3 is 0 Å². The zero-order chi connectivity index (χ0) is 16.3. The van der Waals surface area contributed by atoms with E-state index in [1.54, 1.807) is 11.4 Å². The van der Waals surface area contributed by atoms with Gasteiger partial charge in [-0.05, 0) is 24.5 Å². The summed E-state index contributed by atoms with van der Waals surface area (Å²) in [5.74, 6) is 0.150. The molecule has 2 aromatic rings. The quantitative estimate of drug-likeness (QED) is 0.826. The molecule has 3 rings (SSSR count). The van der Waals surface area contributed by atoms with Crippen LogP contribution in [0.1, 0.15) is 18.4 Å². The van der Waals surface area contributed by atoms with Gasteiger partial charge in [0.1, 0.15) is 0 Å². The third-order valence-electron chi connectivity index (χ3n) is 4.25. The Labute approximate surface area is 137 Å². The van der Waals surface area contributed by atoms with Crippen LogP contribution in [0.2, 0.25) is 0 Å². The van der Waals surface area contributed by atoms with E-state index in [-0.39, 0.29) is 5.75 Å². The van der Waals surface area contributed by atoms with E-state index < -0.39 is 10.0 Å². The van der Waals surface area contributed by atoms with E-state index in [4.69, 9.17) is 4.74 Å². The minimum atomic E-state index is -3.19. The van der Waals surface area contributed by atoms with Gasteiger partial charge in [0, 0.05) is 49.5 Å². The van der Waals surface area contributed by atoms with E-state index in [0.29, 0.717) is 26.1 Å². The molecular weight excluding hydrogens is 312 g/mol. The number of aromatic amines is 1. The monoisotopic (exact) mass is 334 g/mol. The van der Waals surface area contributed by atoms with E-state index in [2.05, 4.69) is 17.1 Å². The maximum atomic E-state index is 12.3. The van der Waals surface area contributed by atoms with Crippen molar-refractivity contribution in [2.45, 2.75) is 12.8 Å². The SMILES string of the molecule is COCCCS(=O)(=O)N1CC=C(c2c[nH]c3ccccc23)CC1. The van der Waals surface area contributed by atoms with Crippen molar-refractivity contribution in [2.24, 2.45) is 0 Å². The van der Waals surface area contributed by atoms with Crippen molar-refractivity contribution in [3.05, 3.63) is 42.1 Å². The Hall–Kier alpha value is -1.63. The number of hydrogen-bond donors (Lipinski definition) is 1. The average Bonchev–Trinajstić information content (AvgIpc) is 2.99. The minimum absolute atomic E-state index is 0.150. The average molecular weight is 334 g/mol. The number of ether oxygens (including phenoxy) is 1. The number of para-hydroxylation sites is 1. The van der Waals surface area contributed by atoms with Gasteiger partial charge in [-0.1, -0.05) is 24.3 Å². The Kier molecular flexibility index (Phi) is 4.84. The van der Waals surface area contributed by atoms with Crippen LogP contribution in [0.25, 0.3) is 16.5 Å². The van der Waals surface area contributed by atoms with E-state index >= 15 is 0 Å². The maximum absolute atomic E-state index is 12.3. The van der Waals surface area contributed by atoms with Gasteiger partial charge in [-0.2, -0.15) is 4.31 Å². The van der Waals surface area contributed by atoms with Crippen molar-refractivity contribution in [3.63, 3.8) is 0 Å². The van der Waals surface area contributed by atoms with Gasteiger partial charge in [0.05, 0.1) is 5.75 Å². The first-order chi connectivity index (χ1) is 11.1. The Balaban J connectivity index is 1.73. The summed E-state index contributed by atoms with van der Waals surface area (Å²) < 4.78 is 31.1. The number of nitrogens with zero attached hydrogens (tertiary/aromatic N) is 1. The second-order valence-corrected chi connectivity index (χ2v) is 7.84. The molecule has 0 atom stereocenters. The highest BCUT2D eigenvalue weighted by Gasteiger charge is 2.24. The van der Waals surface area contributed by atoms with E-state index in [9.17, 15) is 8.42 Å². The topological polar surface area (TPSA) is 62.4 Å². The summed E-state index contributed by atoms with van der Waals surface area (Å²) in [5.41, 5.74) is 3.50. The molecule has 1 aliphatic heterocycles. The van der Waals surface area contributed by atoms with Gasteiger partial charge in [0.15, 0.2) is 0 Å². The van der Waals surface area contributed by atoms with Gasteiger partial charge < -0.3 is 9.72 Å². The van der Waals surface area contributed by atoms with Crippen molar-refractivity contribution in [1.29, 1.82) is 0 Å². The molecule has 124 valence electrons. The van der Waals surface area contributed by atoms with Crippen LogP contribution in [0, 0.1) is 0 Å². The molecule has 0 saturated carbocycles. The molecule has 0 saturated heterocycles. The number of methoxy groups -OCH3 is 1. The number of fused-ring (bicyclic) bond motifs is 1. The van der Waals surface area contributed by atoms with E-state index in [1.165, 1.54) is 16.5 Å². The molecule has 5 nitrogen and oxygen atoms in total. The highest BCUT2D eigenvalue weighted by atomic mass is 32.2. The zero-order valence-electron chi connectivity index (χ0n) is 13.3. The second kappa shape index (κ2) is 6.86. The lowest BCUT2D eigenvalue weighted by atomic mass is 10.00. The van der Waals surface area contributed by atoms with E-state index in [1.807, 2.05) is 24.4 Å². The number of aromatic nitrogens is 1. The van der Waals surface area contributed by atoms with Crippen molar-refractivity contribution >= 4 is 26.5 Å². The van der Waals surface area contributed by atoms with Crippen LogP contribution >= 0.6 is 0 Å². The van der Waals surface area contributed by atoms with E-state index in [0.717, 1.165) is 11.9 Å². The standard InChI is InChI=1S/C17H22N2O3S/c1-22-11-4-12-23(20,21)19-9-7-14(8-10-19)16-13-18-17-6-3-2-5-15(16)17/h2-3,5-7,13,18H,4,8-12H2,1H3. The third kappa shape index (κ3) is 3.49. The predicted octanol–water partition coefficient (Wildman–Crippen LogP) is 2.62. The molecule has 0 radical (unpaired) electrons. The van der Waals surface area contributed by atoms with Crippen LogP contribution in [0.3, 0.4) is 0 Å². The molecule has 23 heavy (non-hydrogen) atoms. The number of nitrogens with one attached hydrogen (secondary N) is 1. The van der Waals surface area contributed by atoms with Crippen LogP contribution in [0.4, 0.5) is 0 Å². The second-order valence-electron chi connectivity index (χ2n) is 5.75. The summed E-state index contributed by atoms with van der Waals surface area (Å²) in [6.45, 7) is 1.47. The maximum Gasteiger partial charge on any atom is 0.214 e. The van der Waals surface area contributed by atoms with Crippen LogP contribution in [0.15, 0.2) is 36.5 Å². The van der Waals surface area contributed by atoms with Gasteiger partial charge in [-0.3, -0.25) is 0 Å². The fraction of sp³-hybridized carbons (Fsp3) is 0.412. The number of benzene rings is 1. The molecule has 1 aromatic carbocycles. The van der Waals surface area contributed by atoms with Crippen molar-refractivity contribution in [1.82, 2.24) is 9.29 Å². The molecule has 0 amide bonds. The Morgan fingerprint density at radius 2 is 2.13 bits per heavy atom. The van der Waals surface area contributed by atoms with Crippen molar-refractivity contribution in [3.8, 4) is 0 Å². The number of hydrogen-bond acceptors (Lipinski definition) is 3. The normalized spacial score (nSPS) is 16.7. The highest BCUT2D eigenvalue weighted by Crippen LogP contribution is 2.29. The predicted molar refractivity (Wildman–Crippen MR) is 92.7 cm³/mol. The first kappa shape index (κ1) is 16.2. The summed E-state index contributed by atoms with van der Waals surface area (Å²) in [7, 11) is -1.60. The lowest BCUT2D eigenvalue weighted by molar-refractivity contribution is 0.199. The van der Waals surface area contributed by atoms with Gasteiger partial charge in [-0.15, -0.1) is 0 Å². The fourth-order valence-corrected chi connectivity index (χ4v) is 4.41. The molecule has 6 heteroatoms. The van der Waals surface area contributed by atoms with Crippen molar-refractivity contribution in [2.75, 3.05) is 32.6 Å². The molecule has 1 aliphatic rings. The molecule has 1 N–H and O–H groups in total. The molecule has 0 unspecified atom stereocenters. The Morgan fingerprint density at radius 3 is 2.87 bits per heavy atom. The largest absolute Gasteiger partial charge is 0.385 e. The molecule has 0 fully saturated rings. The summed E-state index contributed by atoms with van der Waals surface area (Å²) in [6.07, 6.45) is 5.33. The van der Waals surface area contributed by atoms with Crippen LogP contribution in [-0.4, -0.2) is 50.3 Å². The van der Waals surface area contributed by atoms with Crippen LogP contribution in [0.5, 0.6) is 0 Å². The lowest BCUT2D eigenvalue weighted by Crippen LogP contribution is -2.36. The van der Waals surface area contributed by atoms with Crippen LogP contribution in [-0.2, 0) is 14.8 Å². The van der Waals surface area contributed by atoms with Gasteiger partial charge in [-0.25, -0.2) is 8.42 Å². The highest BCUT2D eigenvalue weighted by molar-refractivity contribution is 7.89. The lowest BCUT2D eigenvalue weighted by Gasteiger charge is -2.25. The first-order valence-corrected chi connectivity index (χ1v) is 9.45. The molecule has 0 bridgehead atoms.